The zero-order valence-corrected chi connectivity index (χ0v) is 11.5. The topological polar surface area (TPSA) is 36.5 Å². The van der Waals surface area contributed by atoms with E-state index in [4.69, 9.17) is 17.0 Å². The van der Waals surface area contributed by atoms with Crippen LogP contribution >= 0.6 is 12.2 Å². The van der Waals surface area contributed by atoms with Crippen LogP contribution in [0.25, 0.3) is 0 Å². The van der Waals surface area contributed by atoms with Gasteiger partial charge in [-0.2, -0.15) is 0 Å². The van der Waals surface area contributed by atoms with E-state index in [0.29, 0.717) is 6.61 Å². The lowest BCUT2D eigenvalue weighted by Gasteiger charge is -2.18. The predicted molar refractivity (Wildman–Crippen MR) is 72.9 cm³/mol. The number of nitrogens with zero attached hydrogens (tertiary/aromatic N) is 1. The molecule has 2 N–H and O–H groups in total. The summed E-state index contributed by atoms with van der Waals surface area (Å²) in [5.41, 5.74) is 0. The van der Waals surface area contributed by atoms with Crippen LogP contribution in [0.4, 0.5) is 0 Å². The molecule has 0 rings (SSSR count). The predicted octanol–water partition coefficient (Wildman–Crippen LogP) is 0.829. The molecule has 0 aliphatic heterocycles. The van der Waals surface area contributed by atoms with E-state index in [-0.39, 0.29) is 0 Å². The van der Waals surface area contributed by atoms with Crippen molar-refractivity contribution < 1.29 is 4.74 Å². The first-order valence-corrected chi connectivity index (χ1v) is 6.38. The summed E-state index contributed by atoms with van der Waals surface area (Å²) >= 11 is 5.11. The third kappa shape index (κ3) is 8.88. The molecule has 0 unspecified atom stereocenters. The minimum absolute atomic E-state index is 0.682. The van der Waals surface area contributed by atoms with Crippen LogP contribution in [0.5, 0.6) is 0 Å². The number of hydrogen-bond donors (Lipinski definition) is 2. The second-order valence-electron chi connectivity index (χ2n) is 3.56. The van der Waals surface area contributed by atoms with E-state index < -0.39 is 0 Å². The van der Waals surface area contributed by atoms with Crippen molar-refractivity contribution in [2.75, 3.05) is 46.4 Å². The van der Waals surface area contributed by atoms with Crippen LogP contribution in [0.2, 0.25) is 0 Å². The molecule has 0 saturated heterocycles. The molecular formula is C11H25N3OS. The number of methoxy groups -OCH3 is 1. The molecule has 0 aliphatic rings. The highest BCUT2D eigenvalue weighted by molar-refractivity contribution is 7.80. The fourth-order valence-corrected chi connectivity index (χ4v) is 1.58. The Hall–Kier alpha value is -0.390. The van der Waals surface area contributed by atoms with Gasteiger partial charge >= 0.3 is 0 Å². The standard InChI is InChI=1S/C11H25N3OS/c1-4-14(5-2)9-6-7-12-11(16)13-8-10-15-3/h4-10H2,1-3H3,(H2,12,13,16). The van der Waals surface area contributed by atoms with Crippen LogP contribution in [0.1, 0.15) is 20.3 Å². The fraction of sp³-hybridized carbons (Fsp3) is 0.909. The third-order valence-corrected chi connectivity index (χ3v) is 2.71. The average molecular weight is 247 g/mol. The first-order valence-electron chi connectivity index (χ1n) is 5.97. The quantitative estimate of drug-likeness (QED) is 0.466. The zero-order valence-electron chi connectivity index (χ0n) is 10.7. The van der Waals surface area contributed by atoms with Crippen LogP contribution in [0.15, 0.2) is 0 Å². The molecule has 4 nitrogen and oxygen atoms in total. The van der Waals surface area contributed by atoms with E-state index in [1.54, 1.807) is 7.11 Å². The summed E-state index contributed by atoms with van der Waals surface area (Å²) in [7, 11) is 1.68. The number of nitrogens with one attached hydrogen (secondary N) is 2. The van der Waals surface area contributed by atoms with Crippen LogP contribution in [0, 0.1) is 0 Å². The summed E-state index contributed by atoms with van der Waals surface area (Å²) in [4.78, 5) is 2.41. The van der Waals surface area contributed by atoms with Crippen molar-refractivity contribution in [2.24, 2.45) is 0 Å². The average Bonchev–Trinajstić information content (AvgIpc) is 2.30. The summed E-state index contributed by atoms with van der Waals surface area (Å²) in [5.74, 6) is 0. The monoisotopic (exact) mass is 247 g/mol. The molecular weight excluding hydrogens is 222 g/mol. The first-order chi connectivity index (χ1) is 7.74. The smallest absolute Gasteiger partial charge is 0.166 e. The molecule has 0 aromatic carbocycles. The highest BCUT2D eigenvalue weighted by atomic mass is 32.1. The molecule has 5 heteroatoms. The fourth-order valence-electron chi connectivity index (χ4n) is 1.37. The summed E-state index contributed by atoms with van der Waals surface area (Å²) < 4.78 is 4.92. The summed E-state index contributed by atoms with van der Waals surface area (Å²) in [6.07, 6.45) is 1.12. The molecule has 0 spiro atoms. The highest BCUT2D eigenvalue weighted by Gasteiger charge is 1.98. The SMILES string of the molecule is CCN(CC)CCCNC(=S)NCCOC. The molecule has 0 heterocycles. The van der Waals surface area contributed by atoms with Gasteiger partial charge in [-0.15, -0.1) is 0 Å². The van der Waals surface area contributed by atoms with Crippen LogP contribution in [0.3, 0.4) is 0 Å². The lowest BCUT2D eigenvalue weighted by atomic mass is 10.3. The molecule has 0 atom stereocenters. The Bertz CT molecular complexity index is 175. The largest absolute Gasteiger partial charge is 0.383 e. The second kappa shape index (κ2) is 11.1. The van der Waals surface area contributed by atoms with Gasteiger partial charge in [0, 0.05) is 20.2 Å². The number of ether oxygens (including phenoxy) is 1. The van der Waals surface area contributed by atoms with Gasteiger partial charge in [-0.25, -0.2) is 0 Å². The molecule has 96 valence electrons. The van der Waals surface area contributed by atoms with Crippen molar-refractivity contribution in [1.29, 1.82) is 0 Å². The van der Waals surface area contributed by atoms with Gasteiger partial charge < -0.3 is 20.3 Å². The number of rotatable bonds is 9. The Labute approximate surface area is 105 Å². The Morgan fingerprint density at radius 3 is 2.38 bits per heavy atom. The minimum Gasteiger partial charge on any atom is -0.383 e. The summed E-state index contributed by atoms with van der Waals surface area (Å²) in [6, 6.07) is 0. The third-order valence-electron chi connectivity index (χ3n) is 2.42. The number of hydrogen-bond acceptors (Lipinski definition) is 3. The normalized spacial score (nSPS) is 10.5. The highest BCUT2D eigenvalue weighted by Crippen LogP contribution is 1.89. The Balaban J connectivity index is 3.33. The second-order valence-corrected chi connectivity index (χ2v) is 3.96. The molecule has 0 amide bonds. The Kier molecular flexibility index (Phi) is 10.8. The van der Waals surface area contributed by atoms with Gasteiger partial charge in [-0.1, -0.05) is 13.8 Å². The molecule has 0 aromatic heterocycles. The van der Waals surface area contributed by atoms with Crippen molar-refractivity contribution in [3.8, 4) is 0 Å². The molecule has 16 heavy (non-hydrogen) atoms. The van der Waals surface area contributed by atoms with Gasteiger partial charge in [-0.05, 0) is 38.3 Å². The maximum Gasteiger partial charge on any atom is 0.166 e. The molecule has 0 aromatic rings. The maximum absolute atomic E-state index is 5.11. The van der Waals surface area contributed by atoms with Gasteiger partial charge in [0.1, 0.15) is 0 Å². The van der Waals surface area contributed by atoms with Gasteiger partial charge in [-0.3, -0.25) is 0 Å². The first kappa shape index (κ1) is 15.6. The van der Waals surface area contributed by atoms with Crippen LogP contribution in [-0.2, 0) is 4.74 Å². The number of thiocarbonyl (C=S) groups is 1. The van der Waals surface area contributed by atoms with Crippen molar-refractivity contribution in [3.05, 3.63) is 0 Å². The van der Waals surface area contributed by atoms with Crippen molar-refractivity contribution in [2.45, 2.75) is 20.3 Å². The molecule has 0 bridgehead atoms. The van der Waals surface area contributed by atoms with Crippen molar-refractivity contribution in [3.63, 3.8) is 0 Å². The van der Waals surface area contributed by atoms with E-state index in [9.17, 15) is 0 Å². The van der Waals surface area contributed by atoms with Crippen LogP contribution < -0.4 is 10.6 Å². The van der Waals surface area contributed by atoms with E-state index in [0.717, 1.165) is 44.3 Å². The van der Waals surface area contributed by atoms with Gasteiger partial charge in [0.2, 0.25) is 0 Å². The molecule has 0 aliphatic carbocycles. The minimum atomic E-state index is 0.682. The summed E-state index contributed by atoms with van der Waals surface area (Å²) in [5, 5.41) is 6.98. The summed E-state index contributed by atoms with van der Waals surface area (Å²) in [6.45, 7) is 10.1. The van der Waals surface area contributed by atoms with Gasteiger partial charge in [0.15, 0.2) is 5.11 Å². The zero-order chi connectivity index (χ0) is 12.2. The van der Waals surface area contributed by atoms with Crippen molar-refractivity contribution >= 4 is 17.3 Å². The Morgan fingerprint density at radius 1 is 1.19 bits per heavy atom. The van der Waals surface area contributed by atoms with Gasteiger partial charge in [0.25, 0.3) is 0 Å². The lowest BCUT2D eigenvalue weighted by Crippen LogP contribution is -2.38. The van der Waals surface area contributed by atoms with Crippen molar-refractivity contribution in [1.82, 2.24) is 15.5 Å². The molecule has 0 fully saturated rings. The van der Waals surface area contributed by atoms with Crippen LogP contribution in [-0.4, -0.2) is 56.5 Å². The van der Waals surface area contributed by atoms with E-state index in [1.807, 2.05) is 0 Å². The van der Waals surface area contributed by atoms with E-state index in [2.05, 4.69) is 29.4 Å². The lowest BCUT2D eigenvalue weighted by molar-refractivity contribution is 0.204. The Morgan fingerprint density at radius 2 is 1.81 bits per heavy atom. The molecule has 0 saturated carbocycles. The maximum atomic E-state index is 5.11. The van der Waals surface area contributed by atoms with E-state index >= 15 is 0 Å². The van der Waals surface area contributed by atoms with E-state index in [1.165, 1.54) is 0 Å². The van der Waals surface area contributed by atoms with Gasteiger partial charge in [0.05, 0.1) is 6.61 Å². The molecule has 0 radical (unpaired) electrons.